The molecule has 1 heterocycles. The predicted octanol–water partition coefficient (Wildman–Crippen LogP) is 2.74. The van der Waals surface area contributed by atoms with Crippen molar-refractivity contribution in [2.45, 2.75) is 26.3 Å². The van der Waals surface area contributed by atoms with Crippen LogP contribution in [0.2, 0.25) is 0 Å². The van der Waals surface area contributed by atoms with Crippen LogP contribution in [0.5, 0.6) is 0 Å². The Kier molecular flexibility index (Phi) is 8.58. The Labute approximate surface area is 160 Å². The summed E-state index contributed by atoms with van der Waals surface area (Å²) in [4.78, 5) is 28.4. The summed E-state index contributed by atoms with van der Waals surface area (Å²) in [6, 6.07) is 13.7. The SMILES string of the molecule is CCC(=O)N(CCOC)CC(=O)N(CCc1ccccc1)Cc1ccco1. The number of hydrogen-bond donors (Lipinski definition) is 0. The summed E-state index contributed by atoms with van der Waals surface area (Å²) in [7, 11) is 1.58. The number of carbonyl (C=O) groups is 2. The molecule has 0 atom stereocenters. The molecule has 0 aliphatic rings. The highest BCUT2D eigenvalue weighted by molar-refractivity contribution is 5.84. The Hall–Kier alpha value is -2.60. The fourth-order valence-electron chi connectivity index (χ4n) is 2.77. The third kappa shape index (κ3) is 6.90. The number of methoxy groups -OCH3 is 1. The van der Waals surface area contributed by atoms with Crippen LogP contribution in [0.15, 0.2) is 53.1 Å². The minimum Gasteiger partial charge on any atom is -0.467 e. The molecule has 146 valence electrons. The number of carbonyl (C=O) groups excluding carboxylic acids is 2. The van der Waals surface area contributed by atoms with Gasteiger partial charge in [0.1, 0.15) is 5.76 Å². The van der Waals surface area contributed by atoms with Gasteiger partial charge in [-0.05, 0) is 24.1 Å². The van der Waals surface area contributed by atoms with E-state index in [0.29, 0.717) is 32.7 Å². The number of benzene rings is 1. The van der Waals surface area contributed by atoms with Crippen LogP contribution in [-0.4, -0.2) is 55.0 Å². The summed E-state index contributed by atoms with van der Waals surface area (Å²) < 4.78 is 10.5. The first-order valence-corrected chi connectivity index (χ1v) is 9.24. The average Bonchev–Trinajstić information content (AvgIpc) is 3.21. The first-order valence-electron chi connectivity index (χ1n) is 9.24. The first kappa shape index (κ1) is 20.7. The number of amides is 2. The summed E-state index contributed by atoms with van der Waals surface area (Å²) >= 11 is 0. The summed E-state index contributed by atoms with van der Waals surface area (Å²) in [6.07, 6.45) is 2.70. The third-order valence-corrected chi connectivity index (χ3v) is 4.34. The van der Waals surface area contributed by atoms with Gasteiger partial charge in [-0.15, -0.1) is 0 Å². The largest absolute Gasteiger partial charge is 0.467 e. The lowest BCUT2D eigenvalue weighted by Crippen LogP contribution is -2.44. The van der Waals surface area contributed by atoms with E-state index >= 15 is 0 Å². The zero-order valence-corrected chi connectivity index (χ0v) is 16.1. The highest BCUT2D eigenvalue weighted by atomic mass is 16.5. The van der Waals surface area contributed by atoms with Gasteiger partial charge in [-0.3, -0.25) is 9.59 Å². The van der Waals surface area contributed by atoms with Gasteiger partial charge in [-0.1, -0.05) is 37.3 Å². The van der Waals surface area contributed by atoms with Gasteiger partial charge in [-0.2, -0.15) is 0 Å². The quantitative estimate of drug-likeness (QED) is 0.608. The molecule has 0 aliphatic carbocycles. The van der Waals surface area contributed by atoms with Crippen LogP contribution in [0.3, 0.4) is 0 Å². The van der Waals surface area contributed by atoms with Crippen molar-refractivity contribution in [1.82, 2.24) is 9.80 Å². The molecule has 0 saturated carbocycles. The molecule has 6 heteroatoms. The fraction of sp³-hybridized carbons (Fsp3) is 0.429. The van der Waals surface area contributed by atoms with E-state index in [1.54, 1.807) is 36.2 Å². The zero-order valence-electron chi connectivity index (χ0n) is 16.1. The van der Waals surface area contributed by atoms with Crippen LogP contribution in [0, 0.1) is 0 Å². The highest BCUT2D eigenvalue weighted by Gasteiger charge is 2.21. The number of ether oxygens (including phenoxy) is 1. The maximum Gasteiger partial charge on any atom is 0.242 e. The number of hydrogen-bond acceptors (Lipinski definition) is 4. The van der Waals surface area contributed by atoms with E-state index in [-0.39, 0.29) is 18.4 Å². The second-order valence-electron chi connectivity index (χ2n) is 6.29. The van der Waals surface area contributed by atoms with Crippen LogP contribution in [0.1, 0.15) is 24.7 Å². The van der Waals surface area contributed by atoms with Gasteiger partial charge in [-0.25, -0.2) is 0 Å². The minimum absolute atomic E-state index is 0.0472. The van der Waals surface area contributed by atoms with Gasteiger partial charge < -0.3 is 19.0 Å². The van der Waals surface area contributed by atoms with Crippen molar-refractivity contribution in [2.24, 2.45) is 0 Å². The second-order valence-corrected chi connectivity index (χ2v) is 6.29. The molecule has 0 unspecified atom stereocenters. The Morgan fingerprint density at radius 1 is 1.00 bits per heavy atom. The number of furan rings is 1. The van der Waals surface area contributed by atoms with Gasteiger partial charge in [0.15, 0.2) is 0 Å². The average molecular weight is 372 g/mol. The van der Waals surface area contributed by atoms with Crippen molar-refractivity contribution in [2.75, 3.05) is 33.4 Å². The van der Waals surface area contributed by atoms with Gasteiger partial charge >= 0.3 is 0 Å². The molecule has 2 rings (SSSR count). The molecule has 1 aromatic heterocycles. The van der Waals surface area contributed by atoms with E-state index in [0.717, 1.165) is 17.7 Å². The molecule has 0 bridgehead atoms. The molecule has 0 radical (unpaired) electrons. The van der Waals surface area contributed by atoms with Gasteiger partial charge in [0.25, 0.3) is 0 Å². The Bertz CT molecular complexity index is 685. The normalized spacial score (nSPS) is 10.6. The summed E-state index contributed by atoms with van der Waals surface area (Å²) in [5.74, 6) is 0.573. The molecule has 0 aliphatic heterocycles. The van der Waals surface area contributed by atoms with Crippen molar-refractivity contribution < 1.29 is 18.7 Å². The lowest BCUT2D eigenvalue weighted by molar-refractivity contribution is -0.141. The maximum atomic E-state index is 12.9. The second kappa shape index (κ2) is 11.2. The molecule has 1 aromatic carbocycles. The maximum absolute atomic E-state index is 12.9. The fourth-order valence-corrected chi connectivity index (χ4v) is 2.77. The Morgan fingerprint density at radius 3 is 2.41 bits per heavy atom. The first-order chi connectivity index (χ1) is 13.1. The highest BCUT2D eigenvalue weighted by Crippen LogP contribution is 2.09. The molecule has 27 heavy (non-hydrogen) atoms. The third-order valence-electron chi connectivity index (χ3n) is 4.34. The van der Waals surface area contributed by atoms with Crippen molar-refractivity contribution in [1.29, 1.82) is 0 Å². The van der Waals surface area contributed by atoms with Gasteiger partial charge in [0.05, 0.1) is 26.0 Å². The van der Waals surface area contributed by atoms with E-state index in [1.807, 2.05) is 36.4 Å². The van der Waals surface area contributed by atoms with Crippen LogP contribution in [0.4, 0.5) is 0 Å². The predicted molar refractivity (Wildman–Crippen MR) is 103 cm³/mol. The molecular weight excluding hydrogens is 344 g/mol. The zero-order chi connectivity index (χ0) is 19.5. The van der Waals surface area contributed by atoms with E-state index < -0.39 is 0 Å². The van der Waals surface area contributed by atoms with Gasteiger partial charge in [0.2, 0.25) is 11.8 Å². The Balaban J connectivity index is 2.05. The molecule has 0 saturated heterocycles. The smallest absolute Gasteiger partial charge is 0.242 e. The van der Waals surface area contributed by atoms with E-state index in [9.17, 15) is 9.59 Å². The molecule has 6 nitrogen and oxygen atoms in total. The Morgan fingerprint density at radius 2 is 1.78 bits per heavy atom. The molecule has 0 fully saturated rings. The van der Waals surface area contributed by atoms with Crippen LogP contribution in [0.25, 0.3) is 0 Å². The van der Waals surface area contributed by atoms with Crippen LogP contribution >= 0.6 is 0 Å². The van der Waals surface area contributed by atoms with Crippen molar-refractivity contribution in [3.05, 3.63) is 60.1 Å². The lowest BCUT2D eigenvalue weighted by atomic mass is 10.1. The molecular formula is C21H28N2O4. The number of rotatable bonds is 11. The van der Waals surface area contributed by atoms with E-state index in [4.69, 9.17) is 9.15 Å². The van der Waals surface area contributed by atoms with E-state index in [1.165, 1.54) is 0 Å². The lowest BCUT2D eigenvalue weighted by Gasteiger charge is -2.27. The van der Waals surface area contributed by atoms with Crippen molar-refractivity contribution in [3.8, 4) is 0 Å². The summed E-state index contributed by atoms with van der Waals surface area (Å²) in [5, 5.41) is 0. The standard InChI is InChI=1S/C21H28N2O4/c1-3-20(24)23(13-15-26-2)17-21(25)22(16-19-10-7-14-27-19)12-11-18-8-5-4-6-9-18/h4-10,14H,3,11-13,15-17H2,1-2H3. The molecule has 0 N–H and O–H groups in total. The van der Waals surface area contributed by atoms with Crippen LogP contribution in [-0.2, 0) is 27.3 Å². The van der Waals surface area contributed by atoms with Gasteiger partial charge in [0, 0.05) is 26.6 Å². The monoisotopic (exact) mass is 372 g/mol. The minimum atomic E-state index is -0.0970. The van der Waals surface area contributed by atoms with E-state index in [2.05, 4.69) is 0 Å². The summed E-state index contributed by atoms with van der Waals surface area (Å²) in [6.45, 7) is 3.59. The molecule has 2 aromatic rings. The molecule has 2 amide bonds. The van der Waals surface area contributed by atoms with Crippen LogP contribution < -0.4 is 0 Å². The topological polar surface area (TPSA) is 63.0 Å². The molecule has 0 spiro atoms. The summed E-state index contributed by atoms with van der Waals surface area (Å²) in [5.41, 5.74) is 1.16. The number of nitrogens with zero attached hydrogens (tertiary/aromatic N) is 2. The van der Waals surface area contributed by atoms with Crippen molar-refractivity contribution >= 4 is 11.8 Å². The van der Waals surface area contributed by atoms with Crippen molar-refractivity contribution in [3.63, 3.8) is 0 Å².